The van der Waals surface area contributed by atoms with E-state index in [4.69, 9.17) is 14.2 Å². The summed E-state index contributed by atoms with van der Waals surface area (Å²) in [5.41, 5.74) is 1.86. The van der Waals surface area contributed by atoms with Crippen molar-refractivity contribution in [1.29, 1.82) is 0 Å². The fourth-order valence-corrected chi connectivity index (χ4v) is 2.56. The lowest BCUT2D eigenvalue weighted by molar-refractivity contribution is 0.0544. The van der Waals surface area contributed by atoms with Crippen LogP contribution in [0, 0.1) is 13.8 Å². The zero-order valence-corrected chi connectivity index (χ0v) is 14.8. The lowest BCUT2D eigenvalue weighted by Gasteiger charge is -2.09. The maximum absolute atomic E-state index is 12.3. The van der Waals surface area contributed by atoms with Crippen LogP contribution in [0.4, 0.5) is 5.13 Å². The van der Waals surface area contributed by atoms with Gasteiger partial charge in [-0.2, -0.15) is 0 Å². The number of nitrogens with zero attached hydrogens (tertiary/aromatic N) is 2. The monoisotopic (exact) mass is 351 g/mol. The van der Waals surface area contributed by atoms with E-state index in [2.05, 4.69) is 15.3 Å². The van der Waals surface area contributed by atoms with Crippen LogP contribution >= 0.6 is 11.3 Å². The zero-order chi connectivity index (χ0) is 17.4. The molecule has 2 aromatic rings. The molecule has 0 spiro atoms. The van der Waals surface area contributed by atoms with Gasteiger partial charge < -0.3 is 14.2 Å². The predicted octanol–water partition coefficient (Wildman–Crippen LogP) is 2.45. The fourth-order valence-electron chi connectivity index (χ4n) is 1.87. The third-order valence-corrected chi connectivity index (χ3v) is 3.80. The maximum Gasteiger partial charge on any atom is 0.276 e. The largest absolute Gasteiger partial charge is 0.491 e. The van der Waals surface area contributed by atoms with Gasteiger partial charge in [-0.1, -0.05) is 0 Å². The van der Waals surface area contributed by atoms with Crippen molar-refractivity contribution in [3.05, 3.63) is 34.6 Å². The number of rotatable bonds is 9. The van der Waals surface area contributed by atoms with Gasteiger partial charge in [-0.3, -0.25) is 10.1 Å². The van der Waals surface area contributed by atoms with E-state index in [1.807, 2.05) is 19.2 Å². The number of hydrogen-bond acceptors (Lipinski definition) is 7. The molecule has 24 heavy (non-hydrogen) atoms. The summed E-state index contributed by atoms with van der Waals surface area (Å²) >= 11 is 1.38. The summed E-state index contributed by atoms with van der Waals surface area (Å²) in [7, 11) is 1.62. The number of hydrogen-bond donors (Lipinski definition) is 1. The van der Waals surface area contributed by atoms with E-state index < -0.39 is 0 Å². The van der Waals surface area contributed by atoms with Gasteiger partial charge in [-0.05, 0) is 13.8 Å². The molecule has 130 valence electrons. The number of aromatic nitrogens is 2. The first kappa shape index (κ1) is 18.3. The molecule has 2 aromatic heterocycles. The molecule has 1 amide bonds. The molecule has 0 radical (unpaired) electrons. The highest BCUT2D eigenvalue weighted by atomic mass is 32.1. The van der Waals surface area contributed by atoms with Gasteiger partial charge >= 0.3 is 0 Å². The van der Waals surface area contributed by atoms with Gasteiger partial charge in [0.2, 0.25) is 0 Å². The first-order valence-corrected chi connectivity index (χ1v) is 8.38. The lowest BCUT2D eigenvalue weighted by atomic mass is 10.3. The van der Waals surface area contributed by atoms with Gasteiger partial charge in [0.1, 0.15) is 18.1 Å². The summed E-state index contributed by atoms with van der Waals surface area (Å²) in [5.74, 6) is 0.271. The van der Waals surface area contributed by atoms with Crippen molar-refractivity contribution in [2.45, 2.75) is 13.8 Å². The molecule has 1 N–H and O–H groups in total. The van der Waals surface area contributed by atoms with E-state index in [-0.39, 0.29) is 11.6 Å². The Morgan fingerprint density at radius 2 is 1.92 bits per heavy atom. The average Bonchev–Trinajstić information content (AvgIpc) is 2.95. The summed E-state index contributed by atoms with van der Waals surface area (Å²) in [6, 6.07) is 3.39. The number of pyridine rings is 1. The van der Waals surface area contributed by atoms with Gasteiger partial charge in [0.25, 0.3) is 5.91 Å². The molecule has 0 atom stereocenters. The molecule has 0 unspecified atom stereocenters. The standard InChI is InChI=1S/C16H21N3O4S/c1-11-8-13(23-7-6-22-5-4-21-3)9-14(17-11)15(20)19-16-18-12(2)10-24-16/h8-10H,4-7H2,1-3H3,(H,18,19,20). The van der Waals surface area contributed by atoms with Crippen molar-refractivity contribution in [2.24, 2.45) is 0 Å². The minimum Gasteiger partial charge on any atom is -0.491 e. The molecule has 2 heterocycles. The average molecular weight is 351 g/mol. The number of amides is 1. The summed E-state index contributed by atoms with van der Waals surface area (Å²) in [5, 5.41) is 5.16. The minimum atomic E-state index is -0.311. The van der Waals surface area contributed by atoms with Crippen LogP contribution in [0.3, 0.4) is 0 Å². The SMILES string of the molecule is COCCOCCOc1cc(C)nc(C(=O)Nc2nc(C)cs2)c1. The van der Waals surface area contributed by atoms with E-state index in [1.54, 1.807) is 19.2 Å². The number of aryl methyl sites for hydroxylation is 2. The highest BCUT2D eigenvalue weighted by molar-refractivity contribution is 7.13. The van der Waals surface area contributed by atoms with Crippen molar-refractivity contribution in [3.63, 3.8) is 0 Å². The van der Waals surface area contributed by atoms with E-state index in [0.29, 0.717) is 43.0 Å². The summed E-state index contributed by atoms with van der Waals surface area (Å²) in [6.45, 7) is 5.60. The molecule has 0 saturated heterocycles. The van der Waals surface area contributed by atoms with Crippen LogP contribution < -0.4 is 10.1 Å². The quantitative estimate of drug-likeness (QED) is 0.699. The number of carbonyl (C=O) groups is 1. The molecule has 7 nitrogen and oxygen atoms in total. The predicted molar refractivity (Wildman–Crippen MR) is 92.0 cm³/mol. The summed E-state index contributed by atoms with van der Waals surface area (Å²) in [6.07, 6.45) is 0. The van der Waals surface area contributed by atoms with Crippen LogP contribution in [0.1, 0.15) is 21.9 Å². The number of methoxy groups -OCH3 is 1. The van der Waals surface area contributed by atoms with E-state index in [9.17, 15) is 4.79 Å². The Bertz CT molecular complexity index is 675. The Kier molecular flexibility index (Phi) is 7.10. The molecule has 0 aliphatic carbocycles. The smallest absolute Gasteiger partial charge is 0.276 e. The fraction of sp³-hybridized carbons (Fsp3) is 0.438. The number of carbonyl (C=O) groups excluding carboxylic acids is 1. The van der Waals surface area contributed by atoms with Gasteiger partial charge in [0, 0.05) is 30.3 Å². The van der Waals surface area contributed by atoms with Crippen LogP contribution in [0.15, 0.2) is 17.5 Å². The van der Waals surface area contributed by atoms with Gasteiger partial charge in [-0.25, -0.2) is 9.97 Å². The molecule has 8 heteroatoms. The van der Waals surface area contributed by atoms with Crippen molar-refractivity contribution in [3.8, 4) is 5.75 Å². The van der Waals surface area contributed by atoms with Crippen LogP contribution in [-0.4, -0.2) is 49.4 Å². The highest BCUT2D eigenvalue weighted by Gasteiger charge is 2.12. The van der Waals surface area contributed by atoms with Crippen LogP contribution in [-0.2, 0) is 9.47 Å². The molecule has 0 aliphatic rings. The van der Waals surface area contributed by atoms with Gasteiger partial charge in [0.15, 0.2) is 5.13 Å². The van der Waals surface area contributed by atoms with Crippen LogP contribution in [0.25, 0.3) is 0 Å². The molecule has 0 fully saturated rings. The van der Waals surface area contributed by atoms with Crippen molar-refractivity contribution < 1.29 is 19.0 Å². The minimum absolute atomic E-state index is 0.290. The van der Waals surface area contributed by atoms with E-state index >= 15 is 0 Å². The molecule has 0 aliphatic heterocycles. The Hall–Kier alpha value is -2.03. The molecular formula is C16H21N3O4S. The van der Waals surface area contributed by atoms with Gasteiger partial charge in [-0.15, -0.1) is 11.3 Å². The third kappa shape index (κ3) is 5.88. The Morgan fingerprint density at radius 1 is 1.12 bits per heavy atom. The zero-order valence-electron chi connectivity index (χ0n) is 14.0. The van der Waals surface area contributed by atoms with Crippen LogP contribution in [0.5, 0.6) is 5.75 Å². The Morgan fingerprint density at radius 3 is 2.62 bits per heavy atom. The summed E-state index contributed by atoms with van der Waals surface area (Å²) < 4.78 is 15.8. The molecule has 0 aromatic carbocycles. The second-order valence-corrected chi connectivity index (χ2v) is 5.89. The lowest BCUT2D eigenvalue weighted by Crippen LogP contribution is -2.15. The number of ether oxygens (including phenoxy) is 3. The van der Waals surface area contributed by atoms with Crippen molar-refractivity contribution in [2.75, 3.05) is 38.9 Å². The first-order valence-electron chi connectivity index (χ1n) is 7.50. The number of nitrogens with one attached hydrogen (secondary N) is 1. The van der Waals surface area contributed by atoms with E-state index in [1.165, 1.54) is 11.3 Å². The van der Waals surface area contributed by atoms with Crippen LogP contribution in [0.2, 0.25) is 0 Å². The highest BCUT2D eigenvalue weighted by Crippen LogP contribution is 2.18. The molecule has 0 bridgehead atoms. The number of anilines is 1. The van der Waals surface area contributed by atoms with Gasteiger partial charge in [0.05, 0.1) is 25.5 Å². The Labute approximate surface area is 145 Å². The summed E-state index contributed by atoms with van der Waals surface area (Å²) in [4.78, 5) is 20.7. The first-order chi connectivity index (χ1) is 11.6. The normalized spacial score (nSPS) is 10.6. The molecule has 0 saturated carbocycles. The van der Waals surface area contributed by atoms with Crippen molar-refractivity contribution >= 4 is 22.4 Å². The second-order valence-electron chi connectivity index (χ2n) is 5.03. The van der Waals surface area contributed by atoms with Crippen molar-refractivity contribution in [1.82, 2.24) is 9.97 Å². The Balaban J connectivity index is 1.91. The maximum atomic E-state index is 12.3. The number of thiazole rings is 1. The topological polar surface area (TPSA) is 82.6 Å². The second kappa shape index (κ2) is 9.31. The molecule has 2 rings (SSSR count). The third-order valence-electron chi connectivity index (χ3n) is 2.93. The van der Waals surface area contributed by atoms with E-state index in [0.717, 1.165) is 5.69 Å². The molecular weight excluding hydrogens is 330 g/mol.